The molecule has 1 aromatic heterocycles. The molecule has 0 bridgehead atoms. The summed E-state index contributed by atoms with van der Waals surface area (Å²) in [5.74, 6) is 0.210. The summed E-state index contributed by atoms with van der Waals surface area (Å²) in [6.07, 6.45) is 0. The first-order valence-corrected chi connectivity index (χ1v) is 6.65. The lowest BCUT2D eigenvalue weighted by Gasteiger charge is -2.06. The third-order valence-electron chi connectivity index (χ3n) is 2.90. The van der Waals surface area contributed by atoms with Crippen LogP contribution in [-0.2, 0) is 13.1 Å². The molecule has 2 rings (SSSR count). The van der Waals surface area contributed by atoms with Crippen molar-refractivity contribution in [3.63, 3.8) is 0 Å². The van der Waals surface area contributed by atoms with Crippen LogP contribution in [-0.4, -0.2) is 10.2 Å². The second-order valence-electron chi connectivity index (χ2n) is 4.37. The minimum Gasteiger partial charge on any atom is -0.508 e. The molecule has 1 aromatic carbocycles. The molecule has 0 unspecified atom stereocenters. The average molecular weight is 263 g/mol. The van der Waals surface area contributed by atoms with Gasteiger partial charge in [-0.2, -0.15) is 0 Å². The van der Waals surface area contributed by atoms with E-state index < -0.39 is 0 Å². The van der Waals surface area contributed by atoms with Crippen LogP contribution in [0.3, 0.4) is 0 Å². The largest absolute Gasteiger partial charge is 0.508 e. The predicted octanol–water partition coefficient (Wildman–Crippen LogP) is 3.07. The van der Waals surface area contributed by atoms with Crippen LogP contribution in [0.5, 0.6) is 11.5 Å². The molecule has 0 amide bonds. The van der Waals surface area contributed by atoms with Crippen molar-refractivity contribution >= 4 is 11.3 Å². The third-order valence-corrected chi connectivity index (χ3v) is 4.05. The highest BCUT2D eigenvalue weighted by molar-refractivity contribution is 7.12. The van der Waals surface area contributed by atoms with Crippen molar-refractivity contribution in [1.29, 1.82) is 0 Å². The van der Waals surface area contributed by atoms with Gasteiger partial charge >= 0.3 is 0 Å². The standard InChI is InChI=1S/C14H17NO2S/c1-9-5-13(18-10(9)2)8-15-7-11-3-4-12(16)6-14(11)17/h3-6,15-17H,7-8H2,1-2H3. The molecule has 0 radical (unpaired) electrons. The maximum atomic E-state index is 9.64. The van der Waals surface area contributed by atoms with E-state index in [0.717, 1.165) is 12.1 Å². The SMILES string of the molecule is Cc1cc(CNCc2ccc(O)cc2O)sc1C. The Hall–Kier alpha value is -1.52. The quantitative estimate of drug-likeness (QED) is 0.794. The van der Waals surface area contributed by atoms with Crippen molar-refractivity contribution in [2.75, 3.05) is 0 Å². The molecule has 0 saturated heterocycles. The highest BCUT2D eigenvalue weighted by Crippen LogP contribution is 2.23. The highest BCUT2D eigenvalue weighted by Gasteiger charge is 2.04. The predicted molar refractivity (Wildman–Crippen MR) is 74.1 cm³/mol. The fourth-order valence-corrected chi connectivity index (χ4v) is 2.78. The van der Waals surface area contributed by atoms with Crippen LogP contribution >= 0.6 is 11.3 Å². The smallest absolute Gasteiger partial charge is 0.123 e. The zero-order chi connectivity index (χ0) is 13.1. The molecule has 18 heavy (non-hydrogen) atoms. The number of benzene rings is 1. The van der Waals surface area contributed by atoms with Gasteiger partial charge in [0.15, 0.2) is 0 Å². The first kappa shape index (κ1) is 12.9. The van der Waals surface area contributed by atoms with E-state index in [9.17, 15) is 10.2 Å². The average Bonchev–Trinajstić information content (AvgIpc) is 2.61. The molecule has 3 nitrogen and oxygen atoms in total. The molecule has 96 valence electrons. The Bertz CT molecular complexity index is 529. The Morgan fingerprint density at radius 1 is 1.11 bits per heavy atom. The number of phenolic OH excluding ortho intramolecular Hbond substituents is 2. The Morgan fingerprint density at radius 2 is 1.89 bits per heavy atom. The number of hydrogen-bond acceptors (Lipinski definition) is 4. The fourth-order valence-electron chi connectivity index (χ4n) is 1.76. The third kappa shape index (κ3) is 3.03. The summed E-state index contributed by atoms with van der Waals surface area (Å²) in [6, 6.07) is 6.85. The van der Waals surface area contributed by atoms with Gasteiger partial charge in [-0.05, 0) is 31.5 Å². The Morgan fingerprint density at radius 3 is 2.50 bits per heavy atom. The first-order valence-electron chi connectivity index (χ1n) is 5.84. The Kier molecular flexibility index (Phi) is 3.89. The lowest BCUT2D eigenvalue weighted by atomic mass is 10.2. The molecule has 0 aliphatic heterocycles. The second-order valence-corrected chi connectivity index (χ2v) is 5.71. The number of aryl methyl sites for hydroxylation is 2. The molecule has 1 heterocycles. The van der Waals surface area contributed by atoms with Crippen molar-refractivity contribution < 1.29 is 10.2 Å². The van der Waals surface area contributed by atoms with E-state index in [4.69, 9.17) is 0 Å². The maximum absolute atomic E-state index is 9.64. The molecule has 4 heteroatoms. The minimum atomic E-state index is 0.0840. The van der Waals surface area contributed by atoms with Crippen molar-refractivity contribution in [3.8, 4) is 11.5 Å². The van der Waals surface area contributed by atoms with Crippen LogP contribution < -0.4 is 5.32 Å². The van der Waals surface area contributed by atoms with Gasteiger partial charge in [0.05, 0.1) is 0 Å². The van der Waals surface area contributed by atoms with E-state index in [1.54, 1.807) is 23.5 Å². The van der Waals surface area contributed by atoms with Crippen LogP contribution in [0.25, 0.3) is 0 Å². The van der Waals surface area contributed by atoms with Gasteiger partial charge in [-0.15, -0.1) is 11.3 Å². The number of hydrogen-bond donors (Lipinski definition) is 3. The van der Waals surface area contributed by atoms with E-state index in [1.165, 1.54) is 21.4 Å². The zero-order valence-corrected chi connectivity index (χ0v) is 11.3. The van der Waals surface area contributed by atoms with Gasteiger partial charge in [-0.3, -0.25) is 0 Å². The van der Waals surface area contributed by atoms with Gasteiger partial charge in [0.2, 0.25) is 0 Å². The number of phenols is 2. The lowest BCUT2D eigenvalue weighted by molar-refractivity contribution is 0.443. The summed E-state index contributed by atoms with van der Waals surface area (Å²) >= 11 is 1.79. The van der Waals surface area contributed by atoms with Crippen LogP contribution in [0.15, 0.2) is 24.3 Å². The topological polar surface area (TPSA) is 52.5 Å². The molecule has 2 aromatic rings. The van der Waals surface area contributed by atoms with Crippen molar-refractivity contribution in [2.24, 2.45) is 0 Å². The van der Waals surface area contributed by atoms with Crippen molar-refractivity contribution in [1.82, 2.24) is 5.32 Å². The number of nitrogens with one attached hydrogen (secondary N) is 1. The van der Waals surface area contributed by atoms with Crippen LogP contribution in [0, 0.1) is 13.8 Å². The van der Waals surface area contributed by atoms with Gasteiger partial charge in [0.25, 0.3) is 0 Å². The summed E-state index contributed by atoms with van der Waals surface area (Å²) < 4.78 is 0. The zero-order valence-electron chi connectivity index (χ0n) is 10.5. The molecule has 0 saturated carbocycles. The second kappa shape index (κ2) is 5.42. The van der Waals surface area contributed by atoms with Crippen LogP contribution in [0.4, 0.5) is 0 Å². The van der Waals surface area contributed by atoms with Crippen molar-refractivity contribution in [3.05, 3.63) is 45.1 Å². The summed E-state index contributed by atoms with van der Waals surface area (Å²) in [5.41, 5.74) is 2.11. The fraction of sp³-hybridized carbons (Fsp3) is 0.286. The van der Waals surface area contributed by atoms with Crippen LogP contribution in [0.1, 0.15) is 20.9 Å². The van der Waals surface area contributed by atoms with Gasteiger partial charge in [0.1, 0.15) is 11.5 Å². The van der Waals surface area contributed by atoms with E-state index in [-0.39, 0.29) is 11.5 Å². The molecule has 0 spiro atoms. The Labute approximate surface area is 111 Å². The molecule has 0 aliphatic carbocycles. The number of thiophene rings is 1. The lowest BCUT2D eigenvalue weighted by Crippen LogP contribution is -2.11. The molecule has 3 N–H and O–H groups in total. The van der Waals surface area contributed by atoms with E-state index in [2.05, 4.69) is 25.2 Å². The summed E-state index contributed by atoms with van der Waals surface area (Å²) in [4.78, 5) is 2.64. The molecule has 0 atom stereocenters. The summed E-state index contributed by atoms with van der Waals surface area (Å²) in [5, 5.41) is 22.1. The van der Waals surface area contributed by atoms with Crippen molar-refractivity contribution in [2.45, 2.75) is 26.9 Å². The number of rotatable bonds is 4. The minimum absolute atomic E-state index is 0.0840. The first-order chi connectivity index (χ1) is 8.56. The monoisotopic (exact) mass is 263 g/mol. The van der Waals surface area contributed by atoms with Gasteiger partial charge < -0.3 is 15.5 Å². The summed E-state index contributed by atoms with van der Waals surface area (Å²) in [6.45, 7) is 5.61. The van der Waals surface area contributed by atoms with E-state index in [1.807, 2.05) is 0 Å². The molecule has 0 aliphatic rings. The van der Waals surface area contributed by atoms with Gasteiger partial charge in [-0.1, -0.05) is 6.07 Å². The van der Waals surface area contributed by atoms with E-state index in [0.29, 0.717) is 6.54 Å². The Balaban J connectivity index is 1.92. The van der Waals surface area contributed by atoms with Gasteiger partial charge in [0, 0.05) is 34.5 Å². The summed E-state index contributed by atoms with van der Waals surface area (Å²) in [7, 11) is 0. The molecule has 0 fully saturated rings. The normalized spacial score (nSPS) is 10.8. The van der Waals surface area contributed by atoms with E-state index >= 15 is 0 Å². The maximum Gasteiger partial charge on any atom is 0.123 e. The molecular formula is C14H17NO2S. The highest BCUT2D eigenvalue weighted by atomic mass is 32.1. The van der Waals surface area contributed by atoms with Crippen LogP contribution in [0.2, 0.25) is 0 Å². The molecular weight excluding hydrogens is 246 g/mol. The number of aromatic hydroxyl groups is 2. The van der Waals surface area contributed by atoms with Gasteiger partial charge in [-0.25, -0.2) is 0 Å².